The van der Waals surface area contributed by atoms with Crippen molar-refractivity contribution in [1.82, 2.24) is 0 Å². The van der Waals surface area contributed by atoms with Crippen LogP contribution in [0.4, 0.5) is 0 Å². The van der Waals surface area contributed by atoms with Crippen molar-refractivity contribution in [3.05, 3.63) is 60.7 Å². The molecule has 0 radical (unpaired) electrons. The first kappa shape index (κ1) is 34.6. The molecule has 1 aliphatic rings. The second-order valence-electron chi connectivity index (χ2n) is 10.6. The Hall–Kier alpha value is -3.68. The maximum absolute atomic E-state index is 11.6. The highest BCUT2D eigenvalue weighted by Crippen LogP contribution is 2.51. The third-order valence-corrected chi connectivity index (χ3v) is 7.43. The van der Waals surface area contributed by atoms with Gasteiger partial charge in [-0.3, -0.25) is 0 Å². The van der Waals surface area contributed by atoms with Gasteiger partial charge in [0.05, 0.1) is 92.5 Å². The van der Waals surface area contributed by atoms with Crippen LogP contribution < -0.4 is 9.47 Å². The molecule has 0 saturated carbocycles. The second-order valence-corrected chi connectivity index (χ2v) is 10.6. The fourth-order valence-electron chi connectivity index (χ4n) is 5.19. The average Bonchev–Trinajstić information content (AvgIpc) is 3.09. The minimum absolute atomic E-state index is 0.0841. The zero-order chi connectivity index (χ0) is 32.5. The lowest BCUT2D eigenvalue weighted by Gasteiger charge is -2.19. The molecule has 5 rings (SSSR count). The molecule has 11 heteroatoms. The maximum atomic E-state index is 11.6. The molecule has 0 fully saturated rings. The normalized spacial score (nSPS) is 18.0. The molecule has 0 spiro atoms. The Balaban J connectivity index is 1.33. The predicted octanol–water partition coefficient (Wildman–Crippen LogP) is 4.96. The summed E-state index contributed by atoms with van der Waals surface area (Å²) in [5, 5.41) is 26.5. The highest BCUT2D eigenvalue weighted by molar-refractivity contribution is 6.11. The fourth-order valence-corrected chi connectivity index (χ4v) is 5.19. The van der Waals surface area contributed by atoms with Gasteiger partial charge in [0, 0.05) is 11.1 Å². The first-order chi connectivity index (χ1) is 23.2. The van der Waals surface area contributed by atoms with Crippen LogP contribution in [0.3, 0.4) is 0 Å². The Labute approximate surface area is 274 Å². The molecule has 0 unspecified atom stereocenters. The highest BCUT2D eigenvalue weighted by atomic mass is 16.6. The molecular formula is C36H44O11. The Bertz CT molecular complexity index is 1410. The van der Waals surface area contributed by atoms with Gasteiger partial charge in [-0.2, -0.15) is 0 Å². The quantitative estimate of drug-likeness (QED) is 0.268. The molecule has 4 aromatic carbocycles. The van der Waals surface area contributed by atoms with E-state index in [4.69, 9.17) is 42.6 Å². The molecule has 11 nitrogen and oxygen atoms in total. The van der Waals surface area contributed by atoms with Crippen molar-refractivity contribution < 1.29 is 52.8 Å². The molecule has 47 heavy (non-hydrogen) atoms. The number of fused-ring (bicyclic) bond motifs is 9. The minimum Gasteiger partial charge on any atom is -0.504 e. The van der Waals surface area contributed by atoms with E-state index in [2.05, 4.69) is 0 Å². The molecular weight excluding hydrogens is 608 g/mol. The summed E-state index contributed by atoms with van der Waals surface area (Å²) in [4.78, 5) is 0. The molecule has 4 bridgehead atoms. The molecule has 1 heterocycles. The summed E-state index contributed by atoms with van der Waals surface area (Å²) in [7, 11) is 0. The van der Waals surface area contributed by atoms with E-state index in [0.29, 0.717) is 104 Å². The maximum Gasteiger partial charge on any atom is 0.166 e. The van der Waals surface area contributed by atoms with E-state index in [9.17, 15) is 10.2 Å². The van der Waals surface area contributed by atoms with Crippen LogP contribution in [-0.2, 0) is 33.2 Å². The predicted molar refractivity (Wildman–Crippen MR) is 177 cm³/mol. The van der Waals surface area contributed by atoms with E-state index in [-0.39, 0.29) is 36.2 Å². The van der Waals surface area contributed by atoms with Crippen LogP contribution in [0.25, 0.3) is 32.7 Å². The zero-order valence-electron chi connectivity index (χ0n) is 26.7. The molecule has 4 aromatic rings. The van der Waals surface area contributed by atoms with Crippen LogP contribution in [0.5, 0.6) is 23.0 Å². The summed E-state index contributed by atoms with van der Waals surface area (Å²) in [6, 6.07) is 18.9. The molecule has 0 atom stereocenters. The van der Waals surface area contributed by atoms with Crippen LogP contribution in [-0.4, -0.2) is 116 Å². The zero-order valence-corrected chi connectivity index (χ0v) is 26.7. The number of hydrogen-bond donors (Lipinski definition) is 2. The van der Waals surface area contributed by atoms with E-state index < -0.39 is 0 Å². The van der Waals surface area contributed by atoms with Gasteiger partial charge in [0.15, 0.2) is 23.0 Å². The van der Waals surface area contributed by atoms with Crippen molar-refractivity contribution in [1.29, 1.82) is 0 Å². The number of benzene rings is 4. The van der Waals surface area contributed by atoms with Gasteiger partial charge >= 0.3 is 0 Å². The topological polar surface area (TPSA) is 124 Å². The van der Waals surface area contributed by atoms with Crippen molar-refractivity contribution in [3.63, 3.8) is 0 Å². The fraction of sp³-hybridized carbons (Fsp3) is 0.444. The standard InChI is InChI=1S/C36H44O11/c37-35-31-25-27-5-1-3-7-29(27)33(35)34-30-8-4-2-6-28(30)26-32(36(34)38)47-24-22-45-20-18-43-16-14-41-12-10-39-9-11-40-13-15-42-17-19-44-21-23-46-31/h1-8,25-26,37-38H,9-24H2. The van der Waals surface area contributed by atoms with Crippen LogP contribution >= 0.6 is 0 Å². The smallest absolute Gasteiger partial charge is 0.166 e. The first-order valence-electron chi connectivity index (χ1n) is 16.0. The van der Waals surface area contributed by atoms with Gasteiger partial charge in [0.25, 0.3) is 0 Å². The van der Waals surface area contributed by atoms with E-state index in [1.54, 1.807) is 12.1 Å². The Kier molecular flexibility index (Phi) is 14.2. The number of hydrogen-bond acceptors (Lipinski definition) is 11. The summed E-state index contributed by atoms with van der Waals surface area (Å²) in [6.07, 6.45) is 0. The largest absolute Gasteiger partial charge is 0.504 e. The lowest BCUT2D eigenvalue weighted by Crippen LogP contribution is -2.15. The van der Waals surface area contributed by atoms with Crippen LogP contribution in [0, 0.1) is 0 Å². The van der Waals surface area contributed by atoms with Gasteiger partial charge < -0.3 is 52.8 Å². The molecule has 0 saturated heterocycles. The first-order valence-corrected chi connectivity index (χ1v) is 16.0. The van der Waals surface area contributed by atoms with Gasteiger partial charge in [-0.05, 0) is 33.7 Å². The van der Waals surface area contributed by atoms with Crippen molar-refractivity contribution in [2.24, 2.45) is 0 Å². The Morgan fingerprint density at radius 3 is 0.957 bits per heavy atom. The van der Waals surface area contributed by atoms with E-state index in [1.807, 2.05) is 48.5 Å². The monoisotopic (exact) mass is 652 g/mol. The van der Waals surface area contributed by atoms with Gasteiger partial charge in [-0.15, -0.1) is 0 Å². The van der Waals surface area contributed by atoms with Gasteiger partial charge in [0.2, 0.25) is 0 Å². The average molecular weight is 653 g/mol. The Morgan fingerprint density at radius 2 is 0.638 bits per heavy atom. The summed E-state index contributed by atoms with van der Waals surface area (Å²) in [6.45, 7) is 6.42. The van der Waals surface area contributed by atoms with Gasteiger partial charge in [0.1, 0.15) is 13.2 Å². The molecule has 1 aliphatic heterocycles. The summed E-state index contributed by atoms with van der Waals surface area (Å²) >= 11 is 0. The van der Waals surface area contributed by atoms with Crippen molar-refractivity contribution in [3.8, 4) is 34.1 Å². The SMILES string of the molecule is Oc1c2cc3ccccc3c1-c1c(O)c(cc3ccccc13)OCCOCCOCCOCCOCCOCCOCCOCCO2. The summed E-state index contributed by atoms with van der Waals surface area (Å²) in [5.74, 6) is 0.400. The lowest BCUT2D eigenvalue weighted by atomic mass is 9.91. The van der Waals surface area contributed by atoms with Crippen molar-refractivity contribution in [2.75, 3.05) is 106 Å². The number of phenolic OH excluding ortho intramolecular Hbond substituents is 2. The van der Waals surface area contributed by atoms with E-state index >= 15 is 0 Å². The van der Waals surface area contributed by atoms with Crippen LogP contribution in [0.1, 0.15) is 0 Å². The van der Waals surface area contributed by atoms with Gasteiger partial charge in [-0.25, -0.2) is 0 Å². The molecule has 254 valence electrons. The number of ether oxygens (including phenoxy) is 9. The summed E-state index contributed by atoms with van der Waals surface area (Å²) in [5.41, 5.74) is 0.904. The van der Waals surface area contributed by atoms with Crippen LogP contribution in [0.2, 0.25) is 0 Å². The molecule has 0 amide bonds. The van der Waals surface area contributed by atoms with Crippen molar-refractivity contribution >= 4 is 21.5 Å². The summed E-state index contributed by atoms with van der Waals surface area (Å²) < 4.78 is 51.0. The molecule has 0 aliphatic carbocycles. The van der Waals surface area contributed by atoms with Gasteiger partial charge in [-0.1, -0.05) is 48.5 Å². The number of rotatable bonds is 0. The molecule has 2 N–H and O–H groups in total. The second kappa shape index (κ2) is 19.2. The number of phenols is 2. The van der Waals surface area contributed by atoms with E-state index in [0.717, 1.165) is 21.5 Å². The van der Waals surface area contributed by atoms with Crippen molar-refractivity contribution in [2.45, 2.75) is 0 Å². The Morgan fingerprint density at radius 1 is 0.362 bits per heavy atom. The molecule has 0 aromatic heterocycles. The third kappa shape index (κ3) is 10.2. The lowest BCUT2D eigenvalue weighted by molar-refractivity contribution is -0.0219. The van der Waals surface area contributed by atoms with Crippen LogP contribution in [0.15, 0.2) is 60.7 Å². The highest BCUT2D eigenvalue weighted by Gasteiger charge is 2.23. The van der Waals surface area contributed by atoms with E-state index in [1.165, 1.54) is 0 Å². The number of aromatic hydroxyl groups is 2. The third-order valence-electron chi connectivity index (χ3n) is 7.43. The minimum atomic E-state index is -0.0841.